The van der Waals surface area contributed by atoms with E-state index in [2.05, 4.69) is 28.6 Å². The van der Waals surface area contributed by atoms with Crippen molar-refractivity contribution in [3.05, 3.63) is 35.3 Å². The molecule has 4 nitrogen and oxygen atoms in total. The van der Waals surface area contributed by atoms with Crippen molar-refractivity contribution in [2.75, 3.05) is 13.2 Å². The summed E-state index contributed by atoms with van der Waals surface area (Å²) in [5.74, 6) is 1.60. The van der Waals surface area contributed by atoms with Gasteiger partial charge in [0.1, 0.15) is 5.52 Å². The molecule has 1 aliphatic heterocycles. The lowest BCUT2D eigenvalue weighted by molar-refractivity contribution is 0.183. The molecular weight excluding hydrogens is 282 g/mol. The molecule has 0 bridgehead atoms. The highest BCUT2D eigenvalue weighted by Crippen LogP contribution is 2.31. The standard InChI is InChI=1S/C16H17N3OS/c1-11-4-5-14(21-11)16-18-13-3-2-7-17-15(13)19(16)9-12-6-8-20-10-12/h2-5,7,12H,6,8-10H2,1H3. The van der Waals surface area contributed by atoms with E-state index in [1.54, 1.807) is 11.3 Å². The predicted octanol–water partition coefficient (Wildman–Crippen LogP) is 3.50. The van der Waals surface area contributed by atoms with E-state index in [1.807, 2.05) is 18.3 Å². The van der Waals surface area contributed by atoms with E-state index in [9.17, 15) is 0 Å². The fourth-order valence-electron chi connectivity index (χ4n) is 2.86. The van der Waals surface area contributed by atoms with E-state index in [0.717, 1.165) is 43.2 Å². The Morgan fingerprint density at radius 3 is 3.10 bits per heavy atom. The van der Waals surface area contributed by atoms with Gasteiger partial charge in [-0.2, -0.15) is 0 Å². The molecule has 0 spiro atoms. The third-order valence-corrected chi connectivity index (χ3v) is 4.93. The minimum Gasteiger partial charge on any atom is -0.381 e. The molecule has 21 heavy (non-hydrogen) atoms. The second-order valence-electron chi connectivity index (χ2n) is 5.53. The Hall–Kier alpha value is -1.72. The predicted molar refractivity (Wildman–Crippen MR) is 84.5 cm³/mol. The Balaban J connectivity index is 1.84. The number of imidazole rings is 1. The number of rotatable bonds is 3. The largest absolute Gasteiger partial charge is 0.381 e. The van der Waals surface area contributed by atoms with Gasteiger partial charge in [0.2, 0.25) is 0 Å². The summed E-state index contributed by atoms with van der Waals surface area (Å²) in [6, 6.07) is 8.29. The first-order valence-corrected chi connectivity index (χ1v) is 8.09. The van der Waals surface area contributed by atoms with Crippen LogP contribution in [-0.2, 0) is 11.3 Å². The van der Waals surface area contributed by atoms with E-state index in [4.69, 9.17) is 9.72 Å². The second kappa shape index (κ2) is 5.24. The van der Waals surface area contributed by atoms with Crippen LogP contribution in [-0.4, -0.2) is 27.7 Å². The second-order valence-corrected chi connectivity index (χ2v) is 6.82. The molecule has 1 aliphatic rings. The molecule has 1 fully saturated rings. The van der Waals surface area contributed by atoms with Gasteiger partial charge >= 0.3 is 0 Å². The molecule has 4 rings (SSSR count). The smallest absolute Gasteiger partial charge is 0.160 e. The first-order chi connectivity index (χ1) is 10.3. The van der Waals surface area contributed by atoms with Gasteiger partial charge in [0.25, 0.3) is 0 Å². The van der Waals surface area contributed by atoms with Gasteiger partial charge in [-0.1, -0.05) is 0 Å². The third kappa shape index (κ3) is 2.36. The van der Waals surface area contributed by atoms with Crippen LogP contribution in [0.25, 0.3) is 21.9 Å². The Morgan fingerprint density at radius 1 is 1.38 bits per heavy atom. The highest BCUT2D eigenvalue weighted by atomic mass is 32.1. The van der Waals surface area contributed by atoms with Crippen molar-refractivity contribution in [2.45, 2.75) is 19.9 Å². The summed E-state index contributed by atoms with van der Waals surface area (Å²) < 4.78 is 7.78. The van der Waals surface area contributed by atoms with Crippen molar-refractivity contribution in [3.8, 4) is 10.7 Å². The number of hydrogen-bond acceptors (Lipinski definition) is 4. The number of aryl methyl sites for hydroxylation is 1. The highest BCUT2D eigenvalue weighted by Gasteiger charge is 2.21. The molecule has 1 atom stereocenters. The minimum atomic E-state index is 0.559. The summed E-state index contributed by atoms with van der Waals surface area (Å²) in [5, 5.41) is 0. The zero-order valence-corrected chi connectivity index (χ0v) is 12.8. The fraction of sp³-hybridized carbons (Fsp3) is 0.375. The molecule has 0 aromatic carbocycles. The first-order valence-electron chi connectivity index (χ1n) is 7.27. The molecular formula is C16H17N3OS. The number of pyridine rings is 1. The van der Waals surface area contributed by atoms with Crippen molar-refractivity contribution in [1.29, 1.82) is 0 Å². The topological polar surface area (TPSA) is 39.9 Å². The van der Waals surface area contributed by atoms with Gasteiger partial charge in [0.15, 0.2) is 11.5 Å². The maximum Gasteiger partial charge on any atom is 0.160 e. The van der Waals surface area contributed by atoms with Gasteiger partial charge in [0, 0.05) is 30.1 Å². The van der Waals surface area contributed by atoms with Crippen molar-refractivity contribution >= 4 is 22.5 Å². The van der Waals surface area contributed by atoms with E-state index in [0.29, 0.717) is 5.92 Å². The van der Waals surface area contributed by atoms with E-state index in [-0.39, 0.29) is 0 Å². The van der Waals surface area contributed by atoms with Crippen LogP contribution in [0.4, 0.5) is 0 Å². The van der Waals surface area contributed by atoms with Crippen LogP contribution in [0.2, 0.25) is 0 Å². The maximum absolute atomic E-state index is 5.52. The van der Waals surface area contributed by atoms with E-state index >= 15 is 0 Å². The summed E-state index contributed by atoms with van der Waals surface area (Å²) in [5.41, 5.74) is 1.95. The molecule has 108 valence electrons. The number of thiophene rings is 1. The zero-order valence-electron chi connectivity index (χ0n) is 12.0. The van der Waals surface area contributed by atoms with Crippen LogP contribution in [0.15, 0.2) is 30.5 Å². The fourth-order valence-corrected chi connectivity index (χ4v) is 3.73. The van der Waals surface area contributed by atoms with Gasteiger partial charge in [-0.25, -0.2) is 9.97 Å². The average Bonchev–Trinajstić information content (AvgIpc) is 3.20. The molecule has 0 aliphatic carbocycles. The Bertz CT molecular complexity index is 771. The summed E-state index contributed by atoms with van der Waals surface area (Å²) in [6.07, 6.45) is 2.96. The number of aromatic nitrogens is 3. The van der Waals surface area contributed by atoms with Crippen LogP contribution in [0.5, 0.6) is 0 Å². The number of hydrogen-bond donors (Lipinski definition) is 0. The van der Waals surface area contributed by atoms with Gasteiger partial charge < -0.3 is 9.30 Å². The molecule has 0 radical (unpaired) electrons. The lowest BCUT2D eigenvalue weighted by atomic mass is 10.1. The van der Waals surface area contributed by atoms with E-state index in [1.165, 1.54) is 9.75 Å². The average molecular weight is 299 g/mol. The van der Waals surface area contributed by atoms with Crippen molar-refractivity contribution < 1.29 is 4.74 Å². The number of ether oxygens (including phenoxy) is 1. The highest BCUT2D eigenvalue weighted by molar-refractivity contribution is 7.15. The van der Waals surface area contributed by atoms with Gasteiger partial charge in [-0.3, -0.25) is 0 Å². The van der Waals surface area contributed by atoms with Crippen molar-refractivity contribution in [1.82, 2.24) is 14.5 Å². The molecule has 1 unspecified atom stereocenters. The van der Waals surface area contributed by atoms with Crippen LogP contribution >= 0.6 is 11.3 Å². The molecule has 5 heteroatoms. The molecule has 0 amide bonds. The van der Waals surface area contributed by atoms with Crippen LogP contribution in [0.1, 0.15) is 11.3 Å². The molecule has 1 saturated heterocycles. The zero-order chi connectivity index (χ0) is 14.2. The molecule has 0 saturated carbocycles. The Kier molecular flexibility index (Phi) is 3.24. The third-order valence-electron chi connectivity index (χ3n) is 3.93. The summed E-state index contributed by atoms with van der Waals surface area (Å²) in [7, 11) is 0. The molecule has 3 aromatic rings. The van der Waals surface area contributed by atoms with Gasteiger partial charge in [0.05, 0.1) is 11.5 Å². The van der Waals surface area contributed by atoms with Gasteiger partial charge in [-0.15, -0.1) is 11.3 Å². The minimum absolute atomic E-state index is 0.559. The number of fused-ring (bicyclic) bond motifs is 1. The quantitative estimate of drug-likeness (QED) is 0.743. The SMILES string of the molecule is Cc1ccc(-c2nc3cccnc3n2CC2CCOC2)s1. The normalized spacial score (nSPS) is 18.6. The van der Waals surface area contributed by atoms with E-state index < -0.39 is 0 Å². The van der Waals surface area contributed by atoms with Gasteiger partial charge in [-0.05, 0) is 37.6 Å². The van der Waals surface area contributed by atoms with Crippen molar-refractivity contribution in [3.63, 3.8) is 0 Å². The maximum atomic E-state index is 5.52. The van der Waals surface area contributed by atoms with Crippen LogP contribution < -0.4 is 0 Å². The summed E-state index contributed by atoms with van der Waals surface area (Å²) in [6.45, 7) is 4.78. The monoisotopic (exact) mass is 299 g/mol. The number of nitrogens with zero attached hydrogens (tertiary/aromatic N) is 3. The Morgan fingerprint density at radius 2 is 2.33 bits per heavy atom. The first kappa shape index (κ1) is 13.0. The van der Waals surface area contributed by atoms with Crippen LogP contribution in [0, 0.1) is 12.8 Å². The van der Waals surface area contributed by atoms with Crippen LogP contribution in [0.3, 0.4) is 0 Å². The lowest BCUT2D eigenvalue weighted by Gasteiger charge is -2.11. The summed E-state index contributed by atoms with van der Waals surface area (Å²) in [4.78, 5) is 11.9. The molecule has 3 aromatic heterocycles. The molecule has 0 N–H and O–H groups in total. The Labute approximate surface area is 127 Å². The lowest BCUT2D eigenvalue weighted by Crippen LogP contribution is -2.12. The molecule has 4 heterocycles. The van der Waals surface area contributed by atoms with Crippen molar-refractivity contribution in [2.24, 2.45) is 5.92 Å². The summed E-state index contributed by atoms with van der Waals surface area (Å²) >= 11 is 1.79.